The number of ether oxygens (including phenoxy) is 1. The average Bonchev–Trinajstić information content (AvgIpc) is 2.82. The van der Waals surface area contributed by atoms with Crippen LogP contribution in [-0.2, 0) is 12.7 Å². The molecule has 0 amide bonds. The Kier molecular flexibility index (Phi) is 9.39. The molecule has 1 heterocycles. The van der Waals surface area contributed by atoms with Crippen molar-refractivity contribution in [3.8, 4) is 5.75 Å². The minimum atomic E-state index is -4.89. The van der Waals surface area contributed by atoms with Crippen LogP contribution in [0.25, 0.3) is 0 Å². The molecule has 0 spiro atoms. The molecule has 38 heavy (non-hydrogen) atoms. The Bertz CT molecular complexity index is 1230. The lowest BCUT2D eigenvalue weighted by Crippen LogP contribution is -2.22. The number of aromatic nitrogens is 2. The average molecular weight is 545 g/mol. The van der Waals surface area contributed by atoms with Gasteiger partial charge in [0.15, 0.2) is 0 Å². The van der Waals surface area contributed by atoms with Crippen molar-refractivity contribution < 1.29 is 35.5 Å². The van der Waals surface area contributed by atoms with Crippen LogP contribution < -0.4 is 20.7 Å². The Morgan fingerprint density at radius 1 is 0.895 bits per heavy atom. The summed E-state index contributed by atoms with van der Waals surface area (Å²) in [5.74, 6) is -1.59. The van der Waals surface area contributed by atoms with E-state index in [1.807, 2.05) is 6.92 Å². The maximum atomic E-state index is 13.6. The Morgan fingerprint density at radius 2 is 1.61 bits per heavy atom. The predicted octanol–water partition coefficient (Wildman–Crippen LogP) is 6.58. The van der Waals surface area contributed by atoms with Gasteiger partial charge in [-0.1, -0.05) is 19.1 Å². The van der Waals surface area contributed by atoms with Gasteiger partial charge in [-0.15, -0.1) is 18.3 Å². The van der Waals surface area contributed by atoms with Crippen LogP contribution >= 0.6 is 0 Å². The first-order chi connectivity index (χ1) is 17.9. The quantitative estimate of drug-likeness (QED) is 0.143. The van der Waals surface area contributed by atoms with Crippen molar-refractivity contribution in [2.45, 2.75) is 26.0 Å². The first-order valence-electron chi connectivity index (χ1n) is 11.1. The lowest BCUT2D eigenvalue weighted by molar-refractivity contribution is -0.274. The zero-order chi connectivity index (χ0) is 27.8. The molecule has 0 radical (unpaired) electrons. The second-order valence-corrected chi connectivity index (χ2v) is 7.63. The predicted molar refractivity (Wildman–Crippen MR) is 125 cm³/mol. The molecule has 8 nitrogen and oxygen atoms in total. The molecule has 3 N–H and O–H groups in total. The second-order valence-electron chi connectivity index (χ2n) is 7.63. The maximum Gasteiger partial charge on any atom is 0.573 e. The highest BCUT2D eigenvalue weighted by molar-refractivity contribution is 5.61. The van der Waals surface area contributed by atoms with E-state index >= 15 is 0 Å². The van der Waals surface area contributed by atoms with E-state index in [1.165, 1.54) is 18.2 Å². The summed E-state index contributed by atoms with van der Waals surface area (Å²) in [4.78, 5) is 8.31. The molecule has 3 aromatic rings. The molecular formula is C23H22F7N7O. The highest BCUT2D eigenvalue weighted by atomic mass is 19.4. The molecule has 0 unspecified atom stereocenters. The fourth-order valence-corrected chi connectivity index (χ4v) is 3.03. The van der Waals surface area contributed by atoms with Gasteiger partial charge in [0.1, 0.15) is 23.2 Å². The molecule has 0 saturated heterocycles. The van der Waals surface area contributed by atoms with E-state index in [0.717, 1.165) is 24.7 Å². The molecule has 2 aromatic carbocycles. The number of benzene rings is 2. The van der Waals surface area contributed by atoms with E-state index in [4.69, 9.17) is 0 Å². The summed E-state index contributed by atoms with van der Waals surface area (Å²) in [6.45, 7) is 3.71. The third-order valence-electron chi connectivity index (χ3n) is 4.69. The minimum Gasteiger partial charge on any atom is -0.406 e. The van der Waals surface area contributed by atoms with Crippen LogP contribution in [0.5, 0.6) is 5.75 Å². The van der Waals surface area contributed by atoms with Gasteiger partial charge >= 0.3 is 12.5 Å². The Balaban J connectivity index is 1.78. The van der Waals surface area contributed by atoms with Gasteiger partial charge in [-0.05, 0) is 42.4 Å². The second kappa shape index (κ2) is 12.5. The molecule has 0 atom stereocenters. The van der Waals surface area contributed by atoms with Gasteiger partial charge < -0.3 is 20.7 Å². The van der Waals surface area contributed by atoms with E-state index in [9.17, 15) is 30.7 Å². The molecule has 1 aromatic heterocycles. The van der Waals surface area contributed by atoms with Crippen molar-refractivity contribution in [3.63, 3.8) is 0 Å². The number of nitrogens with zero attached hydrogens (tertiary/aromatic N) is 4. The highest BCUT2D eigenvalue weighted by Gasteiger charge is 2.34. The summed E-state index contributed by atoms with van der Waals surface area (Å²) in [5.41, 5.74) is -0.986. The maximum absolute atomic E-state index is 13.6. The monoisotopic (exact) mass is 545 g/mol. The number of anilines is 3. The molecular weight excluding hydrogens is 523 g/mol. The number of likely N-dealkylation sites (N-methyl/N-ethyl adjacent to an activating group) is 1. The molecule has 0 aliphatic rings. The van der Waals surface area contributed by atoms with E-state index in [0.29, 0.717) is 36.6 Å². The van der Waals surface area contributed by atoms with Crippen molar-refractivity contribution in [2.24, 2.45) is 10.2 Å². The van der Waals surface area contributed by atoms with Gasteiger partial charge in [-0.2, -0.15) is 28.3 Å². The summed E-state index contributed by atoms with van der Waals surface area (Å²) in [6, 6.07) is 8.86. The summed E-state index contributed by atoms with van der Waals surface area (Å²) in [7, 11) is 0. The zero-order valence-corrected chi connectivity index (χ0v) is 19.8. The lowest BCUT2D eigenvalue weighted by atomic mass is 10.2. The highest BCUT2D eigenvalue weighted by Crippen LogP contribution is 2.34. The van der Waals surface area contributed by atoms with Crippen molar-refractivity contribution in [1.82, 2.24) is 15.3 Å². The van der Waals surface area contributed by atoms with Crippen LogP contribution in [0, 0.1) is 5.82 Å². The van der Waals surface area contributed by atoms with Crippen molar-refractivity contribution in [1.29, 1.82) is 0 Å². The molecule has 0 saturated carbocycles. The fourth-order valence-electron chi connectivity index (χ4n) is 3.03. The van der Waals surface area contributed by atoms with Crippen molar-refractivity contribution >= 4 is 23.3 Å². The lowest BCUT2D eigenvalue weighted by Gasteiger charge is -2.12. The summed E-state index contributed by atoms with van der Waals surface area (Å²) < 4.78 is 93.6. The topological polar surface area (TPSA) is 95.8 Å². The largest absolute Gasteiger partial charge is 0.573 e. The number of alkyl halides is 6. The van der Waals surface area contributed by atoms with Gasteiger partial charge in [0.25, 0.3) is 5.95 Å². The third kappa shape index (κ3) is 9.14. The Hall–Kier alpha value is -4.01. The van der Waals surface area contributed by atoms with E-state index in [1.54, 1.807) is 0 Å². The number of hydrogen-bond donors (Lipinski definition) is 3. The summed E-state index contributed by atoms with van der Waals surface area (Å²) in [6.07, 6.45) is -9.69. The number of rotatable bonds is 11. The van der Waals surface area contributed by atoms with Gasteiger partial charge in [0.2, 0.25) is 0 Å². The van der Waals surface area contributed by atoms with Crippen molar-refractivity contribution in [3.05, 3.63) is 65.5 Å². The minimum absolute atomic E-state index is 0.0244. The standard InChI is InChI=1S/C23H22F7N7O/c1-2-31-9-10-32-19-12-20(34-15-5-8-18(24)17(11-15)22(25,26)27)36-21(35-19)37-33-13-14-3-6-16(7-4-14)38-23(28,29)30/h3-8,11-12,31H,2,9-10,13H2,1H3,(H2,32,34,35,36). The van der Waals surface area contributed by atoms with E-state index in [2.05, 4.69) is 40.9 Å². The summed E-state index contributed by atoms with van der Waals surface area (Å²) in [5, 5.41) is 16.7. The molecule has 0 fully saturated rings. The number of nitrogens with one attached hydrogen (secondary N) is 3. The van der Waals surface area contributed by atoms with Crippen LogP contribution in [0.4, 0.5) is 54.0 Å². The molecule has 0 bridgehead atoms. The van der Waals surface area contributed by atoms with Crippen molar-refractivity contribution in [2.75, 3.05) is 30.3 Å². The molecule has 0 aliphatic heterocycles. The first kappa shape index (κ1) is 28.6. The zero-order valence-electron chi connectivity index (χ0n) is 19.8. The normalized spacial score (nSPS) is 12.1. The SMILES string of the molecule is CCNCCNc1cc(Nc2ccc(F)c(C(F)(F)F)c2)nc(N=NCc2ccc(OC(F)(F)F)cc2)n1. The van der Waals surface area contributed by atoms with Gasteiger partial charge in [0.05, 0.1) is 12.1 Å². The van der Waals surface area contributed by atoms with Crippen LogP contribution in [-0.4, -0.2) is 36.0 Å². The van der Waals surface area contributed by atoms with Crippen LogP contribution in [0.2, 0.25) is 0 Å². The molecule has 15 heteroatoms. The van der Waals surface area contributed by atoms with Crippen LogP contribution in [0.15, 0.2) is 58.8 Å². The summed E-state index contributed by atoms with van der Waals surface area (Å²) >= 11 is 0. The van der Waals surface area contributed by atoms with E-state index in [-0.39, 0.29) is 29.7 Å². The first-order valence-corrected chi connectivity index (χ1v) is 11.1. The van der Waals surface area contributed by atoms with Gasteiger partial charge in [0, 0.05) is 24.8 Å². The van der Waals surface area contributed by atoms with Gasteiger partial charge in [-0.3, -0.25) is 0 Å². The molecule has 0 aliphatic carbocycles. The third-order valence-corrected chi connectivity index (χ3v) is 4.69. The number of hydrogen-bond acceptors (Lipinski definition) is 8. The molecule has 204 valence electrons. The van der Waals surface area contributed by atoms with Crippen LogP contribution in [0.1, 0.15) is 18.1 Å². The van der Waals surface area contributed by atoms with Gasteiger partial charge in [-0.25, -0.2) is 4.39 Å². The number of azo groups is 1. The Labute approximate surface area is 212 Å². The van der Waals surface area contributed by atoms with Crippen LogP contribution in [0.3, 0.4) is 0 Å². The Morgan fingerprint density at radius 3 is 2.26 bits per heavy atom. The van der Waals surface area contributed by atoms with E-state index < -0.39 is 23.9 Å². The smallest absolute Gasteiger partial charge is 0.406 e. The number of halogens is 7. The molecule has 3 rings (SSSR count). The fraction of sp³-hybridized carbons (Fsp3) is 0.304.